The van der Waals surface area contributed by atoms with E-state index in [4.69, 9.17) is 0 Å². The molecule has 0 aromatic heterocycles. The molecule has 0 unspecified atom stereocenters. The van der Waals surface area contributed by atoms with Crippen molar-refractivity contribution in [2.24, 2.45) is 5.10 Å². The molecule has 1 N–H and O–H groups in total. The fraction of sp³-hybridized carbons (Fsp3) is 0.400. The number of amides is 2. The van der Waals surface area contributed by atoms with Gasteiger partial charge in [-0.05, 0) is 18.6 Å². The number of carbonyl (C=O) groups excluding carboxylic acids is 2. The number of nitrogens with one attached hydrogen (secondary N) is 1. The number of nitro benzene ring substituents is 1. The number of benzene rings is 1. The van der Waals surface area contributed by atoms with E-state index in [-0.39, 0.29) is 48.1 Å². The van der Waals surface area contributed by atoms with E-state index in [1.165, 1.54) is 0 Å². The van der Waals surface area contributed by atoms with Crippen molar-refractivity contribution in [3.8, 4) is 0 Å². The topological polar surface area (TPSA) is 139 Å². The van der Waals surface area contributed by atoms with Crippen molar-refractivity contribution in [3.05, 3.63) is 34.1 Å². The molecule has 0 spiro atoms. The first-order valence-electron chi connectivity index (χ1n) is 8.01. The highest BCUT2D eigenvalue weighted by Crippen LogP contribution is 2.24. The summed E-state index contributed by atoms with van der Waals surface area (Å²) in [5.41, 5.74) is -0.792. The molecule has 0 radical (unpaired) electrons. The average Bonchev–Trinajstić information content (AvgIpc) is 2.96. The largest absolute Gasteiger partial charge is 0.321 e. The van der Waals surface area contributed by atoms with Crippen LogP contribution in [0.4, 0.5) is 15.8 Å². The Balaban J connectivity index is 1.78. The summed E-state index contributed by atoms with van der Waals surface area (Å²) < 4.78 is 36.6. The van der Waals surface area contributed by atoms with E-state index >= 15 is 0 Å². The molecule has 1 fully saturated rings. The van der Waals surface area contributed by atoms with Gasteiger partial charge in [-0.25, -0.2) is 13.4 Å². The minimum atomic E-state index is -3.23. The molecule has 0 aliphatic carbocycles. The number of anilines is 1. The molecular formula is C15H15FN4O6S. The van der Waals surface area contributed by atoms with Crippen molar-refractivity contribution in [1.29, 1.82) is 0 Å². The Hall–Kier alpha value is -2.89. The van der Waals surface area contributed by atoms with E-state index < -0.39 is 38.2 Å². The molecule has 10 nitrogen and oxygen atoms in total. The Kier molecular flexibility index (Phi) is 4.91. The molecule has 12 heteroatoms. The van der Waals surface area contributed by atoms with Crippen molar-refractivity contribution in [2.75, 3.05) is 16.8 Å². The SMILES string of the molecule is O=C(Nc1ccc(F)c([N+](=O)[O-])c1)C1=NN([C@@H]2CCS(=O)(=O)C2)C(=O)CC1. The predicted molar refractivity (Wildman–Crippen MR) is 92.3 cm³/mol. The van der Waals surface area contributed by atoms with Gasteiger partial charge in [0.05, 0.1) is 22.5 Å². The van der Waals surface area contributed by atoms with E-state index in [1.807, 2.05) is 0 Å². The van der Waals surface area contributed by atoms with Gasteiger partial charge in [0, 0.05) is 24.6 Å². The van der Waals surface area contributed by atoms with E-state index in [1.54, 1.807) is 0 Å². The monoisotopic (exact) mass is 398 g/mol. The molecule has 27 heavy (non-hydrogen) atoms. The van der Waals surface area contributed by atoms with Gasteiger partial charge < -0.3 is 5.32 Å². The van der Waals surface area contributed by atoms with E-state index in [0.717, 1.165) is 23.2 Å². The van der Waals surface area contributed by atoms with Gasteiger partial charge in [-0.3, -0.25) is 19.7 Å². The lowest BCUT2D eigenvalue weighted by Crippen LogP contribution is -2.42. The Morgan fingerprint density at radius 2 is 2.11 bits per heavy atom. The number of hydrazone groups is 1. The number of nitrogens with zero attached hydrogens (tertiary/aromatic N) is 3. The molecule has 1 atom stereocenters. The maximum absolute atomic E-state index is 13.4. The van der Waals surface area contributed by atoms with E-state index in [0.29, 0.717) is 0 Å². The zero-order valence-electron chi connectivity index (χ0n) is 13.9. The van der Waals surface area contributed by atoms with Gasteiger partial charge in [-0.15, -0.1) is 0 Å². The first-order valence-corrected chi connectivity index (χ1v) is 9.84. The maximum atomic E-state index is 13.4. The lowest BCUT2D eigenvalue weighted by Gasteiger charge is -2.27. The van der Waals surface area contributed by atoms with Gasteiger partial charge in [0.1, 0.15) is 5.71 Å². The van der Waals surface area contributed by atoms with E-state index in [9.17, 15) is 32.5 Å². The standard InChI is InChI=1S/C15H15FN4O6S/c16-11-2-1-9(7-13(11)20(23)24)17-15(22)12-3-4-14(21)19(18-12)10-5-6-27(25,26)8-10/h1-2,7,10H,3-6,8H2,(H,17,22)/t10-/m1/s1. The summed E-state index contributed by atoms with van der Waals surface area (Å²) in [5.74, 6) is -2.36. The number of nitro groups is 1. The normalized spacial score (nSPS) is 21.7. The first kappa shape index (κ1) is 18.9. The smallest absolute Gasteiger partial charge is 0.306 e. The summed E-state index contributed by atoms with van der Waals surface area (Å²) in [7, 11) is -3.23. The number of hydrogen-bond acceptors (Lipinski definition) is 7. The van der Waals surface area contributed by atoms with Gasteiger partial charge in [0.15, 0.2) is 9.84 Å². The number of sulfone groups is 1. The molecular weight excluding hydrogens is 383 g/mol. The Morgan fingerprint density at radius 3 is 2.74 bits per heavy atom. The van der Waals surface area contributed by atoms with Crippen molar-refractivity contribution in [1.82, 2.24) is 5.01 Å². The van der Waals surface area contributed by atoms with Gasteiger partial charge in [-0.1, -0.05) is 0 Å². The molecule has 1 aromatic carbocycles. The maximum Gasteiger partial charge on any atom is 0.306 e. The molecule has 3 rings (SSSR count). The van der Waals surface area contributed by atoms with E-state index in [2.05, 4.69) is 10.4 Å². The van der Waals surface area contributed by atoms with Crippen LogP contribution in [0.2, 0.25) is 0 Å². The summed E-state index contributed by atoms with van der Waals surface area (Å²) in [6.07, 6.45) is 0.285. The molecule has 2 aliphatic heterocycles. The number of hydrogen-bond donors (Lipinski definition) is 1. The van der Waals surface area contributed by atoms with Crippen LogP contribution in [-0.4, -0.2) is 53.4 Å². The second-order valence-corrected chi connectivity index (χ2v) is 8.45. The second kappa shape index (κ2) is 7.02. The van der Waals surface area contributed by atoms with Crippen LogP contribution < -0.4 is 5.32 Å². The quantitative estimate of drug-likeness (QED) is 0.589. The van der Waals surface area contributed by atoms with Crippen LogP contribution >= 0.6 is 0 Å². The lowest BCUT2D eigenvalue weighted by atomic mass is 10.1. The van der Waals surface area contributed by atoms with Crippen molar-refractivity contribution in [3.63, 3.8) is 0 Å². The summed E-state index contributed by atoms with van der Waals surface area (Å²) >= 11 is 0. The number of carbonyl (C=O) groups is 2. The molecule has 2 amide bonds. The fourth-order valence-electron chi connectivity index (χ4n) is 2.92. The highest BCUT2D eigenvalue weighted by molar-refractivity contribution is 7.91. The zero-order chi connectivity index (χ0) is 19.8. The summed E-state index contributed by atoms with van der Waals surface area (Å²) in [6.45, 7) is 0. The average molecular weight is 398 g/mol. The highest BCUT2D eigenvalue weighted by atomic mass is 32.2. The first-order chi connectivity index (χ1) is 12.7. The molecule has 2 aliphatic rings. The third-order valence-corrected chi connectivity index (χ3v) is 6.03. The van der Waals surface area contributed by atoms with Crippen LogP contribution in [0.15, 0.2) is 23.3 Å². The van der Waals surface area contributed by atoms with Gasteiger partial charge in [0.2, 0.25) is 11.7 Å². The summed E-state index contributed by atoms with van der Waals surface area (Å²) in [5, 5.41) is 18.2. The minimum absolute atomic E-state index is 0.00249. The molecule has 0 bridgehead atoms. The van der Waals surface area contributed by atoms with Crippen LogP contribution in [0.5, 0.6) is 0 Å². The van der Waals surface area contributed by atoms with Crippen LogP contribution in [0.25, 0.3) is 0 Å². The fourth-order valence-corrected chi connectivity index (χ4v) is 4.61. The molecule has 144 valence electrons. The molecule has 1 saturated heterocycles. The van der Waals surface area contributed by atoms with Crippen molar-refractivity contribution >= 4 is 38.7 Å². The molecule has 1 aromatic rings. The Bertz CT molecular complexity index is 961. The van der Waals surface area contributed by atoms with Gasteiger partial charge >= 0.3 is 5.69 Å². The zero-order valence-corrected chi connectivity index (χ0v) is 14.7. The summed E-state index contributed by atoms with van der Waals surface area (Å²) in [4.78, 5) is 34.3. The van der Waals surface area contributed by atoms with Crippen LogP contribution in [0.1, 0.15) is 19.3 Å². The van der Waals surface area contributed by atoms with Crippen molar-refractivity contribution in [2.45, 2.75) is 25.3 Å². The Labute approximate surface area is 153 Å². The number of halogens is 1. The lowest BCUT2D eigenvalue weighted by molar-refractivity contribution is -0.387. The third kappa shape index (κ3) is 4.10. The predicted octanol–water partition coefficient (Wildman–Crippen LogP) is 0.838. The van der Waals surface area contributed by atoms with Gasteiger partial charge in [-0.2, -0.15) is 9.49 Å². The molecule has 0 saturated carbocycles. The van der Waals surface area contributed by atoms with Crippen LogP contribution in [-0.2, 0) is 19.4 Å². The minimum Gasteiger partial charge on any atom is -0.321 e. The van der Waals surface area contributed by atoms with Crippen LogP contribution in [0, 0.1) is 15.9 Å². The molecule has 2 heterocycles. The third-order valence-electron chi connectivity index (χ3n) is 4.28. The van der Waals surface area contributed by atoms with Crippen LogP contribution in [0.3, 0.4) is 0 Å². The Morgan fingerprint density at radius 1 is 1.37 bits per heavy atom. The van der Waals surface area contributed by atoms with Gasteiger partial charge in [0.25, 0.3) is 5.91 Å². The highest BCUT2D eigenvalue weighted by Gasteiger charge is 2.37. The summed E-state index contributed by atoms with van der Waals surface area (Å²) in [6, 6.07) is 2.28. The number of rotatable bonds is 4. The second-order valence-electron chi connectivity index (χ2n) is 6.22. The van der Waals surface area contributed by atoms with Crippen molar-refractivity contribution < 1.29 is 27.3 Å².